The Hall–Kier alpha value is -1.95. The zero-order valence-electron chi connectivity index (χ0n) is 11.6. The van der Waals surface area contributed by atoms with Gasteiger partial charge in [-0.2, -0.15) is 5.10 Å². The third-order valence-electron chi connectivity index (χ3n) is 3.37. The van der Waals surface area contributed by atoms with Gasteiger partial charge in [-0.15, -0.1) is 0 Å². The first-order chi connectivity index (χ1) is 9.70. The lowest BCUT2D eigenvalue weighted by atomic mass is 10.2. The molecular weight excluding hydrogens is 270 g/mol. The zero-order valence-corrected chi connectivity index (χ0v) is 12.4. The van der Waals surface area contributed by atoms with Crippen LogP contribution in [0, 0.1) is 4.77 Å². The van der Waals surface area contributed by atoms with Crippen LogP contribution >= 0.6 is 12.2 Å². The summed E-state index contributed by atoms with van der Waals surface area (Å²) < 4.78 is 4.71. The Labute approximate surface area is 122 Å². The fraction of sp³-hybridized carbons (Fsp3) is 0.357. The number of aryl methyl sites for hydroxylation is 2. The van der Waals surface area contributed by atoms with E-state index in [1.807, 2.05) is 24.0 Å². The Morgan fingerprint density at radius 3 is 2.95 bits per heavy atom. The van der Waals surface area contributed by atoms with Crippen LogP contribution in [0.15, 0.2) is 24.5 Å². The summed E-state index contributed by atoms with van der Waals surface area (Å²) in [6.07, 6.45) is 5.67. The molecule has 3 aromatic heterocycles. The highest BCUT2D eigenvalue weighted by atomic mass is 32.1. The molecule has 0 aromatic carbocycles. The average Bonchev–Trinajstić information content (AvgIpc) is 2.91. The van der Waals surface area contributed by atoms with Crippen LogP contribution in [-0.4, -0.2) is 24.3 Å². The zero-order chi connectivity index (χ0) is 14.1. The van der Waals surface area contributed by atoms with Crippen molar-refractivity contribution in [1.82, 2.24) is 24.3 Å². The number of fused-ring (bicyclic) bond motifs is 1. The lowest BCUT2D eigenvalue weighted by molar-refractivity contribution is 0.702. The maximum atomic E-state index is 5.46. The second kappa shape index (κ2) is 5.20. The molecular formula is C14H17N5S. The van der Waals surface area contributed by atoms with Crippen molar-refractivity contribution in [1.29, 1.82) is 0 Å². The number of aromatic nitrogens is 5. The Morgan fingerprint density at radius 2 is 2.25 bits per heavy atom. The molecule has 6 heteroatoms. The van der Waals surface area contributed by atoms with E-state index in [2.05, 4.69) is 32.6 Å². The van der Waals surface area contributed by atoms with E-state index in [1.54, 1.807) is 6.20 Å². The molecule has 0 spiro atoms. The molecule has 3 heterocycles. The van der Waals surface area contributed by atoms with Gasteiger partial charge < -0.3 is 4.98 Å². The quantitative estimate of drug-likeness (QED) is 0.751. The number of nitrogens with zero attached hydrogens (tertiary/aromatic N) is 4. The largest absolute Gasteiger partial charge is 0.328 e. The molecule has 3 rings (SSSR count). The number of pyridine rings is 1. The Morgan fingerprint density at radius 1 is 1.40 bits per heavy atom. The van der Waals surface area contributed by atoms with Gasteiger partial charge in [0.1, 0.15) is 5.52 Å². The summed E-state index contributed by atoms with van der Waals surface area (Å²) in [7, 11) is 1.96. The van der Waals surface area contributed by atoms with E-state index in [0.717, 1.165) is 40.0 Å². The van der Waals surface area contributed by atoms with E-state index in [1.165, 1.54) is 0 Å². The molecule has 0 amide bonds. The highest BCUT2D eigenvalue weighted by Crippen LogP contribution is 2.20. The molecule has 0 aliphatic heterocycles. The monoisotopic (exact) mass is 287 g/mol. The van der Waals surface area contributed by atoms with Crippen molar-refractivity contribution >= 4 is 23.4 Å². The van der Waals surface area contributed by atoms with Crippen LogP contribution in [0.3, 0.4) is 0 Å². The fourth-order valence-electron chi connectivity index (χ4n) is 2.51. The molecule has 0 atom stereocenters. The fourth-order valence-corrected chi connectivity index (χ4v) is 2.76. The second-order valence-corrected chi connectivity index (χ2v) is 5.28. The minimum atomic E-state index is 0.706. The predicted molar refractivity (Wildman–Crippen MR) is 81.2 cm³/mol. The summed E-state index contributed by atoms with van der Waals surface area (Å²) in [6.45, 7) is 2.86. The maximum Gasteiger partial charge on any atom is 0.179 e. The van der Waals surface area contributed by atoms with Crippen molar-refractivity contribution in [2.45, 2.75) is 26.3 Å². The molecule has 0 fully saturated rings. The van der Waals surface area contributed by atoms with Crippen molar-refractivity contribution < 1.29 is 0 Å². The number of imidazole rings is 1. The Balaban J connectivity index is 2.11. The van der Waals surface area contributed by atoms with Crippen LogP contribution in [0.1, 0.15) is 24.6 Å². The summed E-state index contributed by atoms with van der Waals surface area (Å²) in [5.74, 6) is 0. The number of nitrogens with one attached hydrogen (secondary N) is 1. The molecule has 0 saturated carbocycles. The van der Waals surface area contributed by atoms with Crippen LogP contribution in [0.2, 0.25) is 0 Å². The Kier molecular flexibility index (Phi) is 3.40. The van der Waals surface area contributed by atoms with E-state index in [4.69, 9.17) is 12.2 Å². The number of rotatable bonds is 4. The van der Waals surface area contributed by atoms with E-state index >= 15 is 0 Å². The van der Waals surface area contributed by atoms with Crippen molar-refractivity contribution in [2.24, 2.45) is 7.05 Å². The first-order valence-corrected chi connectivity index (χ1v) is 7.14. The second-order valence-electron chi connectivity index (χ2n) is 4.90. The standard InChI is InChI=1S/C14H17N5S/c1-3-5-11-12-13(18(2)17-11)19(14(20)16-12)9-10-6-4-7-15-8-10/h4,6-8H,3,5,9H2,1-2H3,(H,16,20). The minimum Gasteiger partial charge on any atom is -0.328 e. The number of aromatic amines is 1. The number of hydrogen-bond acceptors (Lipinski definition) is 3. The summed E-state index contributed by atoms with van der Waals surface area (Å²) in [5, 5.41) is 4.59. The molecule has 5 nitrogen and oxygen atoms in total. The van der Waals surface area contributed by atoms with E-state index < -0.39 is 0 Å². The van der Waals surface area contributed by atoms with Gasteiger partial charge in [0.2, 0.25) is 0 Å². The van der Waals surface area contributed by atoms with Gasteiger partial charge in [0.15, 0.2) is 10.4 Å². The predicted octanol–water partition coefficient (Wildman–Crippen LogP) is 2.83. The van der Waals surface area contributed by atoms with Gasteiger partial charge in [0.05, 0.1) is 12.2 Å². The first kappa shape index (κ1) is 13.1. The van der Waals surface area contributed by atoms with Gasteiger partial charge in [-0.25, -0.2) is 0 Å². The SMILES string of the molecule is CCCc1nn(C)c2c1[nH]c(=S)n2Cc1cccnc1. The molecule has 0 bridgehead atoms. The highest BCUT2D eigenvalue weighted by molar-refractivity contribution is 7.71. The van der Waals surface area contributed by atoms with Gasteiger partial charge >= 0.3 is 0 Å². The van der Waals surface area contributed by atoms with Crippen LogP contribution in [0.5, 0.6) is 0 Å². The van der Waals surface area contributed by atoms with Gasteiger partial charge in [0.25, 0.3) is 0 Å². The van der Waals surface area contributed by atoms with Crippen LogP contribution in [0.4, 0.5) is 0 Å². The van der Waals surface area contributed by atoms with E-state index in [-0.39, 0.29) is 0 Å². The van der Waals surface area contributed by atoms with E-state index in [9.17, 15) is 0 Å². The third-order valence-corrected chi connectivity index (χ3v) is 3.69. The molecule has 104 valence electrons. The smallest absolute Gasteiger partial charge is 0.179 e. The van der Waals surface area contributed by atoms with Crippen LogP contribution < -0.4 is 0 Å². The molecule has 0 aliphatic rings. The van der Waals surface area contributed by atoms with Gasteiger partial charge in [0, 0.05) is 19.4 Å². The molecule has 0 unspecified atom stereocenters. The van der Waals surface area contributed by atoms with Crippen molar-refractivity contribution in [2.75, 3.05) is 0 Å². The lowest BCUT2D eigenvalue weighted by Gasteiger charge is -2.04. The third kappa shape index (κ3) is 2.16. The molecule has 0 aliphatic carbocycles. The van der Waals surface area contributed by atoms with E-state index in [0.29, 0.717) is 6.54 Å². The molecule has 0 radical (unpaired) electrons. The first-order valence-electron chi connectivity index (χ1n) is 6.74. The van der Waals surface area contributed by atoms with Crippen molar-refractivity contribution in [3.63, 3.8) is 0 Å². The molecule has 1 N–H and O–H groups in total. The number of hydrogen-bond donors (Lipinski definition) is 1. The summed E-state index contributed by atoms with van der Waals surface area (Å²) in [5.41, 5.74) is 4.31. The summed E-state index contributed by atoms with van der Waals surface area (Å²) in [4.78, 5) is 7.45. The normalized spacial score (nSPS) is 11.3. The Bertz CT molecular complexity index is 781. The van der Waals surface area contributed by atoms with Crippen LogP contribution in [0.25, 0.3) is 11.2 Å². The molecule has 3 aromatic rings. The van der Waals surface area contributed by atoms with Gasteiger partial charge in [-0.3, -0.25) is 14.2 Å². The number of H-pyrrole nitrogens is 1. The van der Waals surface area contributed by atoms with Gasteiger partial charge in [-0.1, -0.05) is 19.4 Å². The van der Waals surface area contributed by atoms with Crippen molar-refractivity contribution in [3.05, 3.63) is 40.6 Å². The average molecular weight is 287 g/mol. The van der Waals surface area contributed by atoms with Crippen LogP contribution in [-0.2, 0) is 20.0 Å². The summed E-state index contributed by atoms with van der Waals surface area (Å²) >= 11 is 5.46. The summed E-state index contributed by atoms with van der Waals surface area (Å²) in [6, 6.07) is 3.99. The lowest BCUT2D eigenvalue weighted by Crippen LogP contribution is -2.04. The highest BCUT2D eigenvalue weighted by Gasteiger charge is 2.14. The topological polar surface area (TPSA) is 51.4 Å². The maximum absolute atomic E-state index is 5.46. The van der Waals surface area contributed by atoms with Gasteiger partial charge in [-0.05, 0) is 30.3 Å². The molecule has 20 heavy (non-hydrogen) atoms. The minimum absolute atomic E-state index is 0.706. The molecule has 0 saturated heterocycles. The van der Waals surface area contributed by atoms with Crippen molar-refractivity contribution in [3.8, 4) is 0 Å².